The summed E-state index contributed by atoms with van der Waals surface area (Å²) in [6, 6.07) is 16.2. The molecule has 0 radical (unpaired) electrons. The first-order valence-electron chi connectivity index (χ1n) is 6.92. The molecule has 124 valence electrons. The van der Waals surface area contributed by atoms with E-state index in [9.17, 15) is 28.7 Å². The van der Waals surface area contributed by atoms with Crippen molar-refractivity contribution in [2.45, 2.75) is 0 Å². The van der Waals surface area contributed by atoms with E-state index in [1.165, 1.54) is 0 Å². The predicted octanol–water partition coefficient (Wildman–Crippen LogP) is 3.65. The van der Waals surface area contributed by atoms with Gasteiger partial charge in [-0.05, 0) is 39.3 Å². The summed E-state index contributed by atoms with van der Waals surface area (Å²) in [6.45, 7) is 0. The molecule has 3 aromatic carbocycles. The van der Waals surface area contributed by atoms with Crippen LogP contribution in [-0.4, -0.2) is 19.6 Å². The zero-order valence-electron chi connectivity index (χ0n) is 12.3. The highest BCUT2D eigenvalue weighted by Crippen LogP contribution is 2.64. The Morgan fingerprint density at radius 2 is 1.17 bits per heavy atom. The minimum atomic E-state index is -5.12. The van der Waals surface area contributed by atoms with Crippen molar-refractivity contribution in [3.8, 4) is 0 Å². The van der Waals surface area contributed by atoms with Crippen LogP contribution in [0.3, 0.4) is 0 Å². The molecule has 4 N–H and O–H groups in total. The van der Waals surface area contributed by atoms with Gasteiger partial charge in [0.05, 0.1) is 0 Å². The van der Waals surface area contributed by atoms with E-state index in [4.69, 9.17) is 0 Å². The van der Waals surface area contributed by atoms with Crippen molar-refractivity contribution in [3.05, 3.63) is 65.2 Å². The number of rotatable bonds is 3. The van der Waals surface area contributed by atoms with Crippen molar-refractivity contribution in [2.24, 2.45) is 0 Å². The largest absolute Gasteiger partial charge is 0.364 e. The third kappa shape index (κ3) is 3.21. The van der Waals surface area contributed by atoms with E-state index in [1.54, 1.807) is 24.3 Å². The SMILES string of the molecule is O=P(O)(O)C(=Cc1c2ccccc2cc2ccccc12)P(=O)(O)O. The summed E-state index contributed by atoms with van der Waals surface area (Å²) in [5.74, 6) is 0. The molecule has 0 spiro atoms. The molecule has 0 aliphatic carbocycles. The van der Waals surface area contributed by atoms with Gasteiger partial charge in [0, 0.05) is 0 Å². The normalized spacial score (nSPS) is 12.5. The standard InChI is InChI=1S/C16H14O6P2/c17-23(18,19)16(24(20,21)22)10-15-13-7-3-1-5-11(13)9-12-6-2-4-8-14(12)15/h1-10H,(H2,17,18,19)(H2,20,21,22). The van der Waals surface area contributed by atoms with E-state index in [-0.39, 0.29) is 0 Å². The lowest BCUT2D eigenvalue weighted by atomic mass is 9.97. The molecule has 6 nitrogen and oxygen atoms in total. The lowest BCUT2D eigenvalue weighted by Crippen LogP contribution is -1.91. The second-order valence-corrected chi connectivity index (χ2v) is 8.82. The van der Waals surface area contributed by atoms with Gasteiger partial charge in [0.1, 0.15) is 0 Å². The molecule has 0 unspecified atom stereocenters. The van der Waals surface area contributed by atoms with Gasteiger partial charge < -0.3 is 19.6 Å². The molecular formula is C16H14O6P2. The molecular weight excluding hydrogens is 350 g/mol. The van der Waals surface area contributed by atoms with Crippen LogP contribution in [0.1, 0.15) is 5.56 Å². The molecule has 8 heteroatoms. The van der Waals surface area contributed by atoms with Crippen molar-refractivity contribution < 1.29 is 28.7 Å². The summed E-state index contributed by atoms with van der Waals surface area (Å²) in [4.78, 5) is 37.5. The molecule has 0 saturated heterocycles. The molecule has 0 bridgehead atoms. The van der Waals surface area contributed by atoms with E-state index in [0.717, 1.165) is 16.8 Å². The van der Waals surface area contributed by atoms with Crippen LogP contribution in [0.4, 0.5) is 0 Å². The summed E-state index contributed by atoms with van der Waals surface area (Å²) >= 11 is 0. The molecule has 0 aliphatic rings. The Hall–Kier alpha value is -1.78. The second-order valence-electron chi connectivity index (χ2n) is 5.32. The first kappa shape index (κ1) is 17.1. The van der Waals surface area contributed by atoms with Gasteiger partial charge in [-0.2, -0.15) is 0 Å². The van der Waals surface area contributed by atoms with Gasteiger partial charge in [-0.1, -0.05) is 48.5 Å². The van der Waals surface area contributed by atoms with Gasteiger partial charge in [-0.25, -0.2) is 0 Å². The van der Waals surface area contributed by atoms with Crippen molar-refractivity contribution in [2.75, 3.05) is 0 Å². The molecule has 0 fully saturated rings. The first-order valence-corrected chi connectivity index (χ1v) is 10.1. The van der Waals surface area contributed by atoms with Crippen molar-refractivity contribution >= 4 is 42.8 Å². The first-order chi connectivity index (χ1) is 11.2. The molecule has 3 aromatic rings. The predicted molar refractivity (Wildman–Crippen MR) is 93.5 cm³/mol. The number of benzene rings is 3. The van der Waals surface area contributed by atoms with E-state index in [2.05, 4.69) is 0 Å². The molecule has 0 amide bonds. The van der Waals surface area contributed by atoms with Gasteiger partial charge in [-0.15, -0.1) is 0 Å². The van der Waals surface area contributed by atoms with Gasteiger partial charge in [0.15, 0.2) is 5.06 Å². The van der Waals surface area contributed by atoms with Crippen LogP contribution in [0.5, 0.6) is 0 Å². The van der Waals surface area contributed by atoms with Crippen LogP contribution in [0.15, 0.2) is 59.7 Å². The van der Waals surface area contributed by atoms with Crippen LogP contribution in [0.2, 0.25) is 0 Å². The van der Waals surface area contributed by atoms with Gasteiger partial charge >= 0.3 is 15.2 Å². The Bertz CT molecular complexity index is 983. The summed E-state index contributed by atoms with van der Waals surface area (Å²) in [5, 5.41) is 1.72. The molecule has 0 aromatic heterocycles. The number of hydrogen-bond acceptors (Lipinski definition) is 2. The Kier molecular flexibility index (Phi) is 4.22. The fourth-order valence-corrected chi connectivity index (χ4v) is 4.62. The van der Waals surface area contributed by atoms with Crippen LogP contribution >= 0.6 is 15.2 Å². The molecule has 3 rings (SSSR count). The summed E-state index contributed by atoms with van der Waals surface area (Å²) < 4.78 is 23.2. The maximum absolute atomic E-state index is 11.6. The Labute approximate surface area is 137 Å². The molecule has 0 heterocycles. The molecule has 0 aliphatic heterocycles. The average molecular weight is 364 g/mol. The molecule has 24 heavy (non-hydrogen) atoms. The van der Waals surface area contributed by atoms with E-state index in [0.29, 0.717) is 16.3 Å². The van der Waals surface area contributed by atoms with Crippen LogP contribution < -0.4 is 0 Å². The van der Waals surface area contributed by atoms with Crippen LogP contribution in [0, 0.1) is 0 Å². The van der Waals surface area contributed by atoms with E-state index in [1.807, 2.05) is 30.3 Å². The maximum Gasteiger partial charge on any atom is 0.364 e. The fraction of sp³-hybridized carbons (Fsp3) is 0. The molecule has 0 atom stereocenters. The third-order valence-corrected chi connectivity index (χ3v) is 6.70. The summed E-state index contributed by atoms with van der Waals surface area (Å²) in [7, 11) is -10.2. The van der Waals surface area contributed by atoms with Crippen molar-refractivity contribution in [1.82, 2.24) is 0 Å². The molecule has 0 saturated carbocycles. The van der Waals surface area contributed by atoms with Gasteiger partial charge in [0.2, 0.25) is 0 Å². The zero-order chi connectivity index (χ0) is 17.5. The number of hydrogen-bond donors (Lipinski definition) is 4. The zero-order valence-corrected chi connectivity index (χ0v) is 14.1. The topological polar surface area (TPSA) is 115 Å². The third-order valence-electron chi connectivity index (χ3n) is 3.68. The Morgan fingerprint density at radius 3 is 1.58 bits per heavy atom. The van der Waals surface area contributed by atoms with Crippen LogP contribution in [0.25, 0.3) is 27.6 Å². The minimum Gasteiger partial charge on any atom is -0.321 e. The van der Waals surface area contributed by atoms with Gasteiger partial charge in [-0.3, -0.25) is 9.13 Å². The highest BCUT2D eigenvalue weighted by molar-refractivity contribution is 7.77. The number of fused-ring (bicyclic) bond motifs is 2. The smallest absolute Gasteiger partial charge is 0.321 e. The van der Waals surface area contributed by atoms with E-state index < -0.39 is 20.2 Å². The fourth-order valence-electron chi connectivity index (χ4n) is 2.67. The van der Waals surface area contributed by atoms with Gasteiger partial charge in [0.25, 0.3) is 0 Å². The van der Waals surface area contributed by atoms with Crippen LogP contribution in [-0.2, 0) is 9.13 Å². The highest BCUT2D eigenvalue weighted by Gasteiger charge is 2.36. The monoisotopic (exact) mass is 364 g/mol. The van der Waals surface area contributed by atoms with Crippen molar-refractivity contribution in [1.29, 1.82) is 0 Å². The second kappa shape index (κ2) is 5.94. The lowest BCUT2D eigenvalue weighted by molar-refractivity contribution is 0.368. The summed E-state index contributed by atoms with van der Waals surface area (Å²) in [6.07, 6.45) is 0.923. The quantitative estimate of drug-likeness (QED) is 0.417. The Morgan fingerprint density at radius 1 is 0.750 bits per heavy atom. The average Bonchev–Trinajstić information content (AvgIpc) is 2.48. The van der Waals surface area contributed by atoms with E-state index >= 15 is 0 Å². The highest BCUT2D eigenvalue weighted by atomic mass is 31.2. The maximum atomic E-state index is 11.6. The minimum absolute atomic E-state index is 0.366. The Balaban J connectivity index is 2.48. The van der Waals surface area contributed by atoms with Crippen molar-refractivity contribution in [3.63, 3.8) is 0 Å². The lowest BCUT2D eigenvalue weighted by Gasteiger charge is -2.13. The summed E-state index contributed by atoms with van der Waals surface area (Å²) in [5.41, 5.74) is 0.366.